The first-order chi connectivity index (χ1) is 10.4. The van der Waals surface area contributed by atoms with Crippen LogP contribution in [0.4, 0.5) is 10.5 Å². The highest BCUT2D eigenvalue weighted by Gasteiger charge is 2.10. The molecule has 2 aromatic carbocycles. The Hall–Kier alpha value is -2.69. The lowest BCUT2D eigenvalue weighted by molar-refractivity contribution is 0.249. The Bertz CT molecular complexity index is 671. The van der Waals surface area contributed by atoms with Gasteiger partial charge < -0.3 is 20.8 Å². The first-order valence-corrected chi connectivity index (χ1v) is 7.09. The van der Waals surface area contributed by atoms with Crippen molar-refractivity contribution in [3.63, 3.8) is 0 Å². The number of benzene rings is 2. The van der Waals surface area contributed by atoms with E-state index in [1.807, 2.05) is 38.1 Å². The van der Waals surface area contributed by atoms with Crippen LogP contribution in [-0.4, -0.2) is 22.3 Å². The predicted molar refractivity (Wildman–Crippen MR) is 86.3 cm³/mol. The molecule has 0 bridgehead atoms. The molecule has 0 saturated carbocycles. The van der Waals surface area contributed by atoms with Crippen LogP contribution in [0.2, 0.25) is 0 Å². The van der Waals surface area contributed by atoms with Crippen LogP contribution in [0.1, 0.15) is 18.1 Å². The van der Waals surface area contributed by atoms with Gasteiger partial charge in [0.25, 0.3) is 0 Å². The van der Waals surface area contributed by atoms with E-state index in [1.165, 1.54) is 12.1 Å². The van der Waals surface area contributed by atoms with Gasteiger partial charge in [0.15, 0.2) is 11.5 Å². The highest BCUT2D eigenvalue weighted by Crippen LogP contribution is 2.25. The van der Waals surface area contributed by atoms with Crippen molar-refractivity contribution in [3.8, 4) is 11.5 Å². The molecule has 0 saturated heterocycles. The van der Waals surface area contributed by atoms with E-state index < -0.39 is 0 Å². The van der Waals surface area contributed by atoms with Crippen molar-refractivity contribution in [2.24, 2.45) is 0 Å². The third kappa shape index (κ3) is 4.41. The number of urea groups is 1. The van der Waals surface area contributed by atoms with E-state index in [0.29, 0.717) is 6.42 Å². The second-order valence-electron chi connectivity index (χ2n) is 5.40. The number of hydrogen-bond donors (Lipinski definition) is 4. The summed E-state index contributed by atoms with van der Waals surface area (Å²) in [4.78, 5) is 11.9. The van der Waals surface area contributed by atoms with Crippen molar-refractivity contribution in [2.75, 3.05) is 5.32 Å². The summed E-state index contributed by atoms with van der Waals surface area (Å²) in [6.45, 7) is 3.84. The Labute approximate surface area is 129 Å². The fourth-order valence-corrected chi connectivity index (χ4v) is 2.21. The number of rotatable bonds is 4. The van der Waals surface area contributed by atoms with Crippen molar-refractivity contribution in [3.05, 3.63) is 53.6 Å². The van der Waals surface area contributed by atoms with Crippen LogP contribution in [0.15, 0.2) is 42.5 Å². The molecular weight excluding hydrogens is 280 g/mol. The molecule has 0 aromatic heterocycles. The van der Waals surface area contributed by atoms with Crippen LogP contribution in [0.3, 0.4) is 0 Å². The molecule has 5 nitrogen and oxygen atoms in total. The molecule has 4 N–H and O–H groups in total. The summed E-state index contributed by atoms with van der Waals surface area (Å²) in [5, 5.41) is 24.4. The smallest absolute Gasteiger partial charge is 0.319 e. The van der Waals surface area contributed by atoms with Crippen LogP contribution < -0.4 is 10.6 Å². The maximum absolute atomic E-state index is 11.9. The maximum atomic E-state index is 11.9. The Morgan fingerprint density at radius 1 is 1.14 bits per heavy atom. The Morgan fingerprint density at radius 2 is 1.91 bits per heavy atom. The normalized spacial score (nSPS) is 11.7. The molecule has 1 atom stereocenters. The van der Waals surface area contributed by atoms with Crippen LogP contribution in [0.25, 0.3) is 0 Å². The van der Waals surface area contributed by atoms with Gasteiger partial charge in [-0.1, -0.05) is 18.2 Å². The average molecular weight is 300 g/mol. The second kappa shape index (κ2) is 6.85. The average Bonchev–Trinajstić information content (AvgIpc) is 2.42. The Morgan fingerprint density at radius 3 is 2.59 bits per heavy atom. The molecule has 22 heavy (non-hydrogen) atoms. The second-order valence-corrected chi connectivity index (χ2v) is 5.40. The molecule has 116 valence electrons. The van der Waals surface area contributed by atoms with Crippen molar-refractivity contribution in [2.45, 2.75) is 26.3 Å². The number of nitrogens with one attached hydrogen (secondary N) is 2. The Kier molecular flexibility index (Phi) is 4.88. The van der Waals surface area contributed by atoms with E-state index in [1.54, 1.807) is 6.07 Å². The number of anilines is 1. The van der Waals surface area contributed by atoms with Gasteiger partial charge in [-0.05, 0) is 55.7 Å². The molecular formula is C17H20N2O3. The van der Waals surface area contributed by atoms with Gasteiger partial charge in [-0.15, -0.1) is 0 Å². The topological polar surface area (TPSA) is 81.6 Å². The summed E-state index contributed by atoms with van der Waals surface area (Å²) in [5.41, 5.74) is 2.65. The minimum atomic E-state index is -0.277. The van der Waals surface area contributed by atoms with Gasteiger partial charge in [0.1, 0.15) is 0 Å². The third-order valence-electron chi connectivity index (χ3n) is 3.24. The maximum Gasteiger partial charge on any atom is 0.319 e. The largest absolute Gasteiger partial charge is 0.504 e. The fourth-order valence-electron chi connectivity index (χ4n) is 2.21. The molecule has 2 amide bonds. The summed E-state index contributed by atoms with van der Waals surface area (Å²) >= 11 is 0. The van der Waals surface area contributed by atoms with Crippen molar-refractivity contribution in [1.29, 1.82) is 0 Å². The molecule has 0 aliphatic heterocycles. The lowest BCUT2D eigenvalue weighted by Gasteiger charge is -2.15. The molecule has 0 radical (unpaired) electrons. The number of aryl methyl sites for hydroxylation is 1. The van der Waals surface area contributed by atoms with Gasteiger partial charge >= 0.3 is 6.03 Å². The highest BCUT2D eigenvalue weighted by atomic mass is 16.3. The first-order valence-electron chi connectivity index (χ1n) is 7.09. The van der Waals surface area contributed by atoms with Crippen molar-refractivity contribution >= 4 is 11.7 Å². The van der Waals surface area contributed by atoms with Crippen LogP contribution >= 0.6 is 0 Å². The van der Waals surface area contributed by atoms with E-state index in [4.69, 9.17) is 0 Å². The zero-order valence-corrected chi connectivity index (χ0v) is 12.6. The minimum Gasteiger partial charge on any atom is -0.504 e. The van der Waals surface area contributed by atoms with Crippen molar-refractivity contribution < 1.29 is 15.0 Å². The minimum absolute atomic E-state index is 0.117. The monoisotopic (exact) mass is 300 g/mol. The molecule has 0 heterocycles. The number of phenols is 2. The lowest BCUT2D eigenvalue weighted by Crippen LogP contribution is -2.37. The number of amides is 2. The van der Waals surface area contributed by atoms with Crippen molar-refractivity contribution in [1.82, 2.24) is 5.32 Å². The molecule has 0 spiro atoms. The number of aromatic hydroxyl groups is 2. The number of phenolic OH excluding ortho intramolecular Hbond substituents is 2. The van der Waals surface area contributed by atoms with Gasteiger partial charge in [0.2, 0.25) is 0 Å². The fraction of sp³-hybridized carbons (Fsp3) is 0.235. The Balaban J connectivity index is 1.89. The molecule has 2 rings (SSSR count). The van der Waals surface area contributed by atoms with Gasteiger partial charge in [-0.3, -0.25) is 0 Å². The molecule has 2 aromatic rings. The molecule has 0 fully saturated rings. The van der Waals surface area contributed by atoms with Crippen LogP contribution in [-0.2, 0) is 6.42 Å². The SMILES string of the molecule is Cc1cccc(NC(=O)NC(C)Cc2ccc(O)c(O)c2)c1. The first kappa shape index (κ1) is 15.7. The standard InChI is InChI=1S/C17H20N2O3/c1-11-4-3-5-14(8-11)19-17(22)18-12(2)9-13-6-7-15(20)16(21)10-13/h3-8,10,12,20-21H,9H2,1-2H3,(H2,18,19,22). The van der Waals surface area contributed by atoms with Gasteiger partial charge in [-0.2, -0.15) is 0 Å². The predicted octanol–water partition coefficient (Wildman–Crippen LogP) is 3.16. The molecule has 0 aliphatic rings. The zero-order chi connectivity index (χ0) is 16.1. The summed E-state index contributed by atoms with van der Waals surface area (Å²) in [7, 11) is 0. The van der Waals surface area contributed by atoms with E-state index in [9.17, 15) is 15.0 Å². The van der Waals surface area contributed by atoms with E-state index in [2.05, 4.69) is 10.6 Å². The van der Waals surface area contributed by atoms with E-state index in [-0.39, 0.29) is 23.6 Å². The molecule has 0 aliphatic carbocycles. The third-order valence-corrected chi connectivity index (χ3v) is 3.24. The summed E-state index contributed by atoms with van der Waals surface area (Å²) in [5.74, 6) is -0.310. The number of carbonyl (C=O) groups excluding carboxylic acids is 1. The van der Waals surface area contributed by atoms with Crippen LogP contribution in [0, 0.1) is 6.92 Å². The number of hydrogen-bond acceptors (Lipinski definition) is 3. The zero-order valence-electron chi connectivity index (χ0n) is 12.6. The van der Waals surface area contributed by atoms with E-state index >= 15 is 0 Å². The molecule has 5 heteroatoms. The molecule has 1 unspecified atom stereocenters. The van der Waals surface area contributed by atoms with E-state index in [0.717, 1.165) is 16.8 Å². The summed E-state index contributed by atoms with van der Waals surface area (Å²) in [6, 6.07) is 11.8. The van der Waals surface area contributed by atoms with Gasteiger partial charge in [0, 0.05) is 11.7 Å². The summed E-state index contributed by atoms with van der Waals surface area (Å²) < 4.78 is 0. The van der Waals surface area contributed by atoms with Gasteiger partial charge in [-0.25, -0.2) is 4.79 Å². The number of carbonyl (C=O) groups is 1. The highest BCUT2D eigenvalue weighted by molar-refractivity contribution is 5.89. The lowest BCUT2D eigenvalue weighted by atomic mass is 10.1. The van der Waals surface area contributed by atoms with Gasteiger partial charge in [0.05, 0.1) is 0 Å². The van der Waals surface area contributed by atoms with Crippen LogP contribution in [0.5, 0.6) is 11.5 Å². The quantitative estimate of drug-likeness (QED) is 0.655. The summed E-state index contributed by atoms with van der Waals surface area (Å²) in [6.07, 6.45) is 0.551.